The minimum absolute atomic E-state index is 0.0197. The number of ketones is 1. The zero-order chi connectivity index (χ0) is 14.8. The van der Waals surface area contributed by atoms with Crippen molar-refractivity contribution < 1.29 is 9.53 Å². The van der Waals surface area contributed by atoms with Crippen molar-refractivity contribution in [3.05, 3.63) is 17.1 Å². The molecule has 0 aliphatic heterocycles. The summed E-state index contributed by atoms with van der Waals surface area (Å²) in [5.41, 5.74) is 6.63. The van der Waals surface area contributed by atoms with Crippen LogP contribution in [-0.2, 0) is 0 Å². The first-order valence-corrected chi connectivity index (χ1v) is 8.29. The molecular weight excluding hydrogens is 284 g/mol. The van der Waals surface area contributed by atoms with E-state index >= 15 is 0 Å². The van der Waals surface area contributed by atoms with Gasteiger partial charge in [-0.05, 0) is 24.8 Å². The fourth-order valence-electron chi connectivity index (χ4n) is 2.96. The van der Waals surface area contributed by atoms with E-state index in [1.807, 2.05) is 6.07 Å². The second-order valence-electron chi connectivity index (χ2n) is 5.71. The number of rotatable bonds is 4. The molecule has 3 rings (SSSR count). The number of nitrogens with zero attached hydrogens (tertiary/aromatic N) is 1. The molecule has 0 amide bonds. The lowest BCUT2D eigenvalue weighted by atomic mass is 9.90. The number of fused-ring (bicyclic) bond motifs is 1. The molecule has 1 fully saturated rings. The van der Waals surface area contributed by atoms with Gasteiger partial charge in [0.05, 0.1) is 22.6 Å². The number of carbonyl (C=O) groups is 1. The molecular formula is C16H20N2O2S. The van der Waals surface area contributed by atoms with Crippen LogP contribution in [0.3, 0.4) is 0 Å². The molecule has 2 N–H and O–H groups in total. The Balaban J connectivity index is 1.86. The SMILES string of the molecule is CC(=O)c1sc2nccc(OCC3CCCCC3)c2c1N. The van der Waals surface area contributed by atoms with Crippen LogP contribution in [0.25, 0.3) is 10.2 Å². The number of Topliss-reactive ketones (excluding diaryl/α,β-unsaturated/α-hetero) is 1. The Kier molecular flexibility index (Phi) is 4.10. The van der Waals surface area contributed by atoms with Crippen molar-refractivity contribution in [1.82, 2.24) is 4.98 Å². The minimum atomic E-state index is -0.0197. The zero-order valence-electron chi connectivity index (χ0n) is 12.2. The average molecular weight is 304 g/mol. The summed E-state index contributed by atoms with van der Waals surface area (Å²) < 4.78 is 6.01. The summed E-state index contributed by atoms with van der Waals surface area (Å²) in [6.07, 6.45) is 8.15. The van der Waals surface area contributed by atoms with Gasteiger partial charge in [0.1, 0.15) is 10.6 Å². The molecule has 0 bridgehead atoms. The minimum Gasteiger partial charge on any atom is -0.492 e. The normalized spacial score (nSPS) is 16.2. The first-order valence-electron chi connectivity index (χ1n) is 7.47. The van der Waals surface area contributed by atoms with Crippen LogP contribution in [0, 0.1) is 5.92 Å². The highest BCUT2D eigenvalue weighted by Crippen LogP contribution is 2.38. The molecule has 0 unspecified atom stereocenters. The van der Waals surface area contributed by atoms with E-state index in [1.165, 1.54) is 50.4 Å². The van der Waals surface area contributed by atoms with Gasteiger partial charge in [-0.25, -0.2) is 4.98 Å². The number of hydrogen-bond acceptors (Lipinski definition) is 5. The Morgan fingerprint density at radius 3 is 2.90 bits per heavy atom. The van der Waals surface area contributed by atoms with Crippen molar-refractivity contribution in [3.8, 4) is 5.75 Å². The van der Waals surface area contributed by atoms with E-state index in [1.54, 1.807) is 6.20 Å². The quantitative estimate of drug-likeness (QED) is 0.866. The van der Waals surface area contributed by atoms with Gasteiger partial charge in [-0.3, -0.25) is 4.79 Å². The van der Waals surface area contributed by atoms with E-state index in [0.29, 0.717) is 16.5 Å². The van der Waals surface area contributed by atoms with Crippen molar-refractivity contribution >= 4 is 33.0 Å². The summed E-state index contributed by atoms with van der Waals surface area (Å²) in [5.74, 6) is 1.37. The van der Waals surface area contributed by atoms with Gasteiger partial charge < -0.3 is 10.5 Å². The van der Waals surface area contributed by atoms with E-state index in [0.717, 1.165) is 22.6 Å². The smallest absolute Gasteiger partial charge is 0.171 e. The summed E-state index contributed by atoms with van der Waals surface area (Å²) in [4.78, 5) is 17.3. The topological polar surface area (TPSA) is 65.2 Å². The number of ether oxygens (including phenoxy) is 1. The summed E-state index contributed by atoms with van der Waals surface area (Å²) in [7, 11) is 0. The third-order valence-electron chi connectivity index (χ3n) is 4.11. The first kappa shape index (κ1) is 14.3. The van der Waals surface area contributed by atoms with Crippen LogP contribution in [0.4, 0.5) is 5.69 Å². The van der Waals surface area contributed by atoms with Crippen LogP contribution in [0.15, 0.2) is 12.3 Å². The van der Waals surface area contributed by atoms with Crippen LogP contribution in [0.2, 0.25) is 0 Å². The van der Waals surface area contributed by atoms with E-state index in [9.17, 15) is 4.79 Å². The van der Waals surface area contributed by atoms with Crippen molar-refractivity contribution in [2.75, 3.05) is 12.3 Å². The lowest BCUT2D eigenvalue weighted by molar-refractivity contribution is 0.102. The van der Waals surface area contributed by atoms with E-state index < -0.39 is 0 Å². The highest BCUT2D eigenvalue weighted by Gasteiger charge is 2.19. The Morgan fingerprint density at radius 2 is 2.19 bits per heavy atom. The fourth-order valence-corrected chi connectivity index (χ4v) is 3.93. The third kappa shape index (κ3) is 2.88. The highest BCUT2D eigenvalue weighted by molar-refractivity contribution is 7.21. The summed E-state index contributed by atoms with van der Waals surface area (Å²) in [5, 5.41) is 0.795. The molecule has 0 radical (unpaired) electrons. The highest BCUT2D eigenvalue weighted by atomic mass is 32.1. The standard InChI is InChI=1S/C16H20N2O2S/c1-10(19)15-14(17)13-12(7-8-18-16(13)21-15)20-9-11-5-3-2-4-6-11/h7-8,11H,2-6,9,17H2,1H3. The maximum absolute atomic E-state index is 11.6. The Labute approximate surface area is 128 Å². The van der Waals surface area contributed by atoms with Crippen molar-refractivity contribution in [2.45, 2.75) is 39.0 Å². The van der Waals surface area contributed by atoms with Gasteiger partial charge in [-0.15, -0.1) is 11.3 Å². The Hall–Kier alpha value is -1.62. The number of anilines is 1. The molecule has 0 atom stereocenters. The first-order chi connectivity index (χ1) is 10.2. The zero-order valence-corrected chi connectivity index (χ0v) is 13.0. The second-order valence-corrected chi connectivity index (χ2v) is 6.70. The van der Waals surface area contributed by atoms with Gasteiger partial charge in [0.2, 0.25) is 0 Å². The molecule has 21 heavy (non-hydrogen) atoms. The molecule has 1 aliphatic carbocycles. The number of pyridine rings is 1. The number of thiophene rings is 1. The summed E-state index contributed by atoms with van der Waals surface area (Å²) in [6.45, 7) is 2.26. The molecule has 4 nitrogen and oxygen atoms in total. The molecule has 2 aromatic rings. The predicted octanol–water partition coefficient (Wildman–Crippen LogP) is 4.04. The van der Waals surface area contributed by atoms with Gasteiger partial charge >= 0.3 is 0 Å². The number of carbonyl (C=O) groups excluding carboxylic acids is 1. The molecule has 112 valence electrons. The monoisotopic (exact) mass is 304 g/mol. The molecule has 0 saturated heterocycles. The van der Waals surface area contributed by atoms with Gasteiger partial charge in [0, 0.05) is 13.1 Å². The van der Waals surface area contributed by atoms with Crippen LogP contribution < -0.4 is 10.5 Å². The molecule has 1 saturated carbocycles. The molecule has 0 aromatic carbocycles. The fraction of sp³-hybridized carbons (Fsp3) is 0.500. The molecule has 2 aromatic heterocycles. The van der Waals surface area contributed by atoms with E-state index in [4.69, 9.17) is 10.5 Å². The lowest BCUT2D eigenvalue weighted by Crippen LogP contribution is -2.15. The largest absolute Gasteiger partial charge is 0.492 e. The Bertz CT molecular complexity index is 660. The lowest BCUT2D eigenvalue weighted by Gasteiger charge is -2.21. The van der Waals surface area contributed by atoms with E-state index in [2.05, 4.69) is 4.98 Å². The molecule has 0 spiro atoms. The van der Waals surface area contributed by atoms with Gasteiger partial charge in [-0.2, -0.15) is 0 Å². The van der Waals surface area contributed by atoms with Crippen LogP contribution >= 0.6 is 11.3 Å². The molecule has 1 aliphatic rings. The van der Waals surface area contributed by atoms with Gasteiger partial charge in [0.15, 0.2) is 5.78 Å². The van der Waals surface area contributed by atoms with Crippen molar-refractivity contribution in [2.24, 2.45) is 5.92 Å². The number of aromatic nitrogens is 1. The third-order valence-corrected chi connectivity index (χ3v) is 5.32. The van der Waals surface area contributed by atoms with Crippen LogP contribution in [-0.4, -0.2) is 17.4 Å². The summed E-state index contributed by atoms with van der Waals surface area (Å²) >= 11 is 1.34. The second kappa shape index (κ2) is 6.02. The van der Waals surface area contributed by atoms with Crippen molar-refractivity contribution in [3.63, 3.8) is 0 Å². The predicted molar refractivity (Wildman–Crippen MR) is 86.1 cm³/mol. The van der Waals surface area contributed by atoms with Gasteiger partial charge in [-0.1, -0.05) is 19.3 Å². The van der Waals surface area contributed by atoms with Crippen LogP contribution in [0.5, 0.6) is 5.75 Å². The maximum atomic E-state index is 11.6. The number of nitrogen functional groups attached to an aromatic ring is 1. The number of nitrogens with two attached hydrogens (primary N) is 1. The summed E-state index contributed by atoms with van der Waals surface area (Å²) in [6, 6.07) is 1.85. The van der Waals surface area contributed by atoms with Crippen LogP contribution in [0.1, 0.15) is 48.7 Å². The number of hydrogen-bond donors (Lipinski definition) is 1. The van der Waals surface area contributed by atoms with Crippen molar-refractivity contribution in [1.29, 1.82) is 0 Å². The molecule has 5 heteroatoms. The van der Waals surface area contributed by atoms with Gasteiger partial charge in [0.25, 0.3) is 0 Å². The average Bonchev–Trinajstić information content (AvgIpc) is 2.84. The molecule has 2 heterocycles. The maximum Gasteiger partial charge on any atom is 0.171 e. The van der Waals surface area contributed by atoms with E-state index in [-0.39, 0.29) is 5.78 Å². The Morgan fingerprint density at radius 1 is 1.43 bits per heavy atom.